The van der Waals surface area contributed by atoms with Gasteiger partial charge in [-0.15, -0.1) is 0 Å². The van der Waals surface area contributed by atoms with E-state index in [4.69, 9.17) is 4.52 Å². The van der Waals surface area contributed by atoms with Crippen molar-refractivity contribution in [2.24, 2.45) is 0 Å². The minimum atomic E-state index is 0.0336. The second kappa shape index (κ2) is 7.50. The predicted molar refractivity (Wildman–Crippen MR) is 107 cm³/mol. The van der Waals surface area contributed by atoms with Crippen LogP contribution in [0, 0.1) is 0 Å². The molecular weight excluding hydrogens is 366 g/mol. The van der Waals surface area contributed by atoms with Crippen LogP contribution in [0.25, 0.3) is 11.0 Å². The van der Waals surface area contributed by atoms with E-state index in [-0.39, 0.29) is 17.7 Å². The quantitative estimate of drug-likeness (QED) is 0.568. The number of benzene rings is 2. The van der Waals surface area contributed by atoms with Gasteiger partial charge in [-0.2, -0.15) is 4.98 Å². The summed E-state index contributed by atoms with van der Waals surface area (Å²) in [4.78, 5) is 27.0. The van der Waals surface area contributed by atoms with Crippen LogP contribution in [0.1, 0.15) is 35.5 Å². The number of carbonyl (C=O) groups is 1. The molecule has 1 saturated heterocycles. The summed E-state index contributed by atoms with van der Waals surface area (Å²) >= 11 is 0. The van der Waals surface area contributed by atoms with E-state index in [9.17, 15) is 4.79 Å². The van der Waals surface area contributed by atoms with Gasteiger partial charge in [0.15, 0.2) is 5.82 Å². The first-order chi connectivity index (χ1) is 14.3. The number of para-hydroxylation sites is 2. The largest absolute Gasteiger partial charge is 0.343 e. The number of carbonyl (C=O) groups excluding carboxylic acids is 1. The first-order valence-electron chi connectivity index (χ1n) is 9.80. The Morgan fingerprint density at radius 1 is 1.07 bits per heavy atom. The van der Waals surface area contributed by atoms with Crippen molar-refractivity contribution in [2.45, 2.75) is 24.7 Å². The van der Waals surface area contributed by atoms with E-state index in [1.807, 2.05) is 47.4 Å². The number of likely N-dealkylation sites (tertiary alicyclic amines) is 1. The van der Waals surface area contributed by atoms with Gasteiger partial charge in [0.1, 0.15) is 5.82 Å². The minimum absolute atomic E-state index is 0.0336. The van der Waals surface area contributed by atoms with Crippen molar-refractivity contribution >= 4 is 16.9 Å². The molecule has 0 spiro atoms. The summed E-state index contributed by atoms with van der Waals surface area (Å²) in [5, 5.41) is 4.05. The van der Waals surface area contributed by atoms with Gasteiger partial charge >= 0.3 is 0 Å². The smallest absolute Gasteiger partial charge is 0.223 e. The predicted octanol–water partition coefficient (Wildman–Crippen LogP) is 3.29. The molecular formula is C22H21N5O2. The Hall–Kier alpha value is -3.48. The van der Waals surface area contributed by atoms with E-state index in [1.165, 1.54) is 12.0 Å². The normalized spacial score (nSPS) is 19.1. The van der Waals surface area contributed by atoms with Crippen LogP contribution in [0.15, 0.2) is 65.5 Å². The standard InChI is InChI=1S/C22H21N5O2/c28-21(11-10-20-24-18-8-4-5-9-19(18)25-20)27-12-16(15-6-2-1-3-7-15)17(13-27)22-23-14-29-26-22/h1-9,14,16-17H,10-13H2,(H,24,25)/t16-,17+/m1/s1. The molecule has 1 aliphatic heterocycles. The fraction of sp³-hybridized carbons (Fsp3) is 0.273. The minimum Gasteiger partial charge on any atom is -0.343 e. The first kappa shape index (κ1) is 17.6. The molecule has 5 rings (SSSR count). The Morgan fingerprint density at radius 2 is 1.86 bits per heavy atom. The summed E-state index contributed by atoms with van der Waals surface area (Å²) in [6, 6.07) is 18.1. The Kier molecular flexibility index (Phi) is 4.56. The van der Waals surface area contributed by atoms with Crippen molar-refractivity contribution in [1.82, 2.24) is 25.0 Å². The van der Waals surface area contributed by atoms with Crippen LogP contribution in [0.2, 0.25) is 0 Å². The maximum Gasteiger partial charge on any atom is 0.223 e. The van der Waals surface area contributed by atoms with Crippen LogP contribution in [0.4, 0.5) is 0 Å². The number of amides is 1. The average Bonchev–Trinajstić information content (AvgIpc) is 3.51. The van der Waals surface area contributed by atoms with E-state index >= 15 is 0 Å². The number of nitrogens with zero attached hydrogens (tertiary/aromatic N) is 4. The Bertz CT molecular complexity index is 1070. The molecule has 7 nitrogen and oxygen atoms in total. The summed E-state index contributed by atoms with van der Waals surface area (Å²) in [6.07, 6.45) is 2.36. The van der Waals surface area contributed by atoms with Gasteiger partial charge in [-0.3, -0.25) is 4.79 Å². The number of aryl methyl sites for hydroxylation is 1. The number of aromatic amines is 1. The van der Waals surface area contributed by atoms with Crippen molar-refractivity contribution < 1.29 is 9.32 Å². The molecule has 1 N–H and O–H groups in total. The number of hydrogen-bond donors (Lipinski definition) is 1. The highest BCUT2D eigenvalue weighted by Gasteiger charge is 2.39. The van der Waals surface area contributed by atoms with Crippen LogP contribution < -0.4 is 0 Å². The number of hydrogen-bond acceptors (Lipinski definition) is 5. The fourth-order valence-electron chi connectivity index (χ4n) is 4.16. The number of nitrogens with one attached hydrogen (secondary N) is 1. The van der Waals surface area contributed by atoms with Crippen LogP contribution in [-0.2, 0) is 11.2 Å². The molecule has 146 valence electrons. The van der Waals surface area contributed by atoms with Crippen LogP contribution in [-0.4, -0.2) is 44.0 Å². The SMILES string of the molecule is O=C(CCc1nc2ccccc2[nH]1)N1C[C@H](c2ccccc2)[C@@H](c2ncon2)C1. The lowest BCUT2D eigenvalue weighted by Gasteiger charge is -2.16. The van der Waals surface area contributed by atoms with E-state index in [1.54, 1.807) is 0 Å². The van der Waals surface area contributed by atoms with E-state index in [0.717, 1.165) is 16.9 Å². The van der Waals surface area contributed by atoms with Gasteiger partial charge in [-0.25, -0.2) is 4.98 Å². The second-order valence-corrected chi connectivity index (χ2v) is 7.41. The van der Waals surface area contributed by atoms with Crippen LogP contribution >= 0.6 is 0 Å². The maximum atomic E-state index is 12.9. The first-order valence-corrected chi connectivity index (χ1v) is 9.80. The number of aromatic nitrogens is 4. The van der Waals surface area contributed by atoms with Crippen molar-refractivity contribution in [3.63, 3.8) is 0 Å². The van der Waals surface area contributed by atoms with Crippen molar-refractivity contribution in [3.8, 4) is 0 Å². The molecule has 1 fully saturated rings. The molecule has 1 amide bonds. The zero-order valence-corrected chi connectivity index (χ0v) is 15.9. The maximum absolute atomic E-state index is 12.9. The third-order valence-electron chi connectivity index (χ3n) is 5.62. The Balaban J connectivity index is 1.30. The average molecular weight is 387 g/mol. The molecule has 0 unspecified atom stereocenters. The van der Waals surface area contributed by atoms with Crippen LogP contribution in [0.5, 0.6) is 0 Å². The third kappa shape index (κ3) is 3.51. The molecule has 2 atom stereocenters. The lowest BCUT2D eigenvalue weighted by atomic mass is 9.88. The second-order valence-electron chi connectivity index (χ2n) is 7.41. The van der Waals surface area contributed by atoms with Crippen molar-refractivity contribution in [1.29, 1.82) is 0 Å². The third-order valence-corrected chi connectivity index (χ3v) is 5.62. The molecule has 2 aromatic heterocycles. The van der Waals surface area contributed by atoms with E-state index in [2.05, 4.69) is 32.2 Å². The van der Waals surface area contributed by atoms with Gasteiger partial charge in [0.25, 0.3) is 0 Å². The van der Waals surface area contributed by atoms with Gasteiger partial charge < -0.3 is 14.4 Å². The van der Waals surface area contributed by atoms with Crippen molar-refractivity contribution in [3.05, 3.63) is 78.2 Å². The number of rotatable bonds is 5. The highest BCUT2D eigenvalue weighted by atomic mass is 16.5. The highest BCUT2D eigenvalue weighted by Crippen LogP contribution is 2.38. The molecule has 1 aliphatic rings. The summed E-state index contributed by atoms with van der Waals surface area (Å²) in [5.41, 5.74) is 3.12. The van der Waals surface area contributed by atoms with Gasteiger partial charge in [0.05, 0.1) is 11.0 Å². The number of imidazole rings is 1. The molecule has 2 aromatic carbocycles. The highest BCUT2D eigenvalue weighted by molar-refractivity contribution is 5.78. The molecule has 0 radical (unpaired) electrons. The van der Waals surface area contributed by atoms with Gasteiger partial charge in [0.2, 0.25) is 12.3 Å². The fourth-order valence-corrected chi connectivity index (χ4v) is 4.16. The summed E-state index contributed by atoms with van der Waals surface area (Å²) in [7, 11) is 0. The lowest BCUT2D eigenvalue weighted by Crippen LogP contribution is -2.29. The molecule has 0 saturated carbocycles. The number of fused-ring (bicyclic) bond motifs is 1. The van der Waals surface area contributed by atoms with Crippen LogP contribution in [0.3, 0.4) is 0 Å². The molecule has 29 heavy (non-hydrogen) atoms. The molecule has 0 aliphatic carbocycles. The molecule has 4 aromatic rings. The molecule has 7 heteroatoms. The monoisotopic (exact) mass is 387 g/mol. The van der Waals surface area contributed by atoms with Crippen molar-refractivity contribution in [2.75, 3.05) is 13.1 Å². The molecule has 3 heterocycles. The Morgan fingerprint density at radius 3 is 2.66 bits per heavy atom. The van der Waals surface area contributed by atoms with Gasteiger partial charge in [-0.1, -0.05) is 47.6 Å². The van der Waals surface area contributed by atoms with E-state index < -0.39 is 0 Å². The zero-order valence-electron chi connectivity index (χ0n) is 15.9. The number of H-pyrrole nitrogens is 1. The Labute approximate surface area is 167 Å². The summed E-state index contributed by atoms with van der Waals surface area (Å²) in [6.45, 7) is 1.25. The van der Waals surface area contributed by atoms with Gasteiger partial charge in [-0.05, 0) is 17.7 Å². The summed E-state index contributed by atoms with van der Waals surface area (Å²) < 4.78 is 4.96. The zero-order chi connectivity index (χ0) is 19.6. The topological polar surface area (TPSA) is 87.9 Å². The molecule has 0 bridgehead atoms. The van der Waals surface area contributed by atoms with Gasteiger partial charge in [0, 0.05) is 37.8 Å². The van der Waals surface area contributed by atoms with E-state index in [0.29, 0.717) is 31.8 Å². The lowest BCUT2D eigenvalue weighted by molar-refractivity contribution is -0.130. The summed E-state index contributed by atoms with van der Waals surface area (Å²) in [5.74, 6) is 1.81.